The molecule has 0 aromatic carbocycles. The Hall–Kier alpha value is -0.0400. The van der Waals surface area contributed by atoms with Crippen molar-refractivity contribution in [1.29, 1.82) is 0 Å². The van der Waals surface area contributed by atoms with Gasteiger partial charge in [0.1, 0.15) is 0 Å². The van der Waals surface area contributed by atoms with Crippen molar-refractivity contribution in [2.75, 3.05) is 6.54 Å². The predicted octanol–water partition coefficient (Wildman–Crippen LogP) is 4.23. The minimum Gasteiger partial charge on any atom is -0.314 e. The summed E-state index contributed by atoms with van der Waals surface area (Å²) < 4.78 is 0. The summed E-state index contributed by atoms with van der Waals surface area (Å²) in [4.78, 5) is 0. The van der Waals surface area contributed by atoms with Gasteiger partial charge in [0, 0.05) is 6.04 Å². The fraction of sp³-hybridized carbons (Fsp3) is 1.00. The average molecular weight is 237 g/mol. The summed E-state index contributed by atoms with van der Waals surface area (Å²) >= 11 is 0. The number of rotatable bonds is 6. The third-order valence-electron chi connectivity index (χ3n) is 5.15. The molecule has 0 spiro atoms. The van der Waals surface area contributed by atoms with Gasteiger partial charge in [-0.2, -0.15) is 0 Å². The SMILES string of the molecule is CCCNC(CC1CC1)C1CCC(C)C(C)C1. The second-order valence-corrected chi connectivity index (χ2v) is 6.77. The Morgan fingerprint density at radius 3 is 2.41 bits per heavy atom. The molecule has 0 aromatic heterocycles. The Labute approximate surface area is 108 Å². The smallest absolute Gasteiger partial charge is 0.00980 e. The zero-order valence-corrected chi connectivity index (χ0v) is 12.0. The molecule has 2 rings (SSSR count). The van der Waals surface area contributed by atoms with Crippen LogP contribution in [0.5, 0.6) is 0 Å². The Balaban J connectivity index is 1.84. The largest absolute Gasteiger partial charge is 0.314 e. The van der Waals surface area contributed by atoms with Crippen LogP contribution in [0, 0.1) is 23.7 Å². The fourth-order valence-electron chi connectivity index (χ4n) is 3.44. The highest BCUT2D eigenvalue weighted by Crippen LogP contribution is 2.40. The van der Waals surface area contributed by atoms with Crippen molar-refractivity contribution in [3.05, 3.63) is 0 Å². The summed E-state index contributed by atoms with van der Waals surface area (Å²) in [6, 6.07) is 0.831. The molecule has 2 aliphatic carbocycles. The lowest BCUT2D eigenvalue weighted by molar-refractivity contribution is 0.163. The van der Waals surface area contributed by atoms with E-state index in [-0.39, 0.29) is 0 Å². The summed E-state index contributed by atoms with van der Waals surface area (Å²) in [5.74, 6) is 3.94. The summed E-state index contributed by atoms with van der Waals surface area (Å²) in [7, 11) is 0. The molecule has 0 bridgehead atoms. The first-order chi connectivity index (χ1) is 8.20. The lowest BCUT2D eigenvalue weighted by atomic mass is 9.72. The highest BCUT2D eigenvalue weighted by Gasteiger charge is 2.33. The molecule has 17 heavy (non-hydrogen) atoms. The topological polar surface area (TPSA) is 12.0 Å². The Morgan fingerprint density at radius 2 is 1.82 bits per heavy atom. The maximum Gasteiger partial charge on any atom is 0.00980 e. The van der Waals surface area contributed by atoms with Gasteiger partial charge >= 0.3 is 0 Å². The zero-order valence-electron chi connectivity index (χ0n) is 12.0. The van der Waals surface area contributed by atoms with Crippen LogP contribution in [-0.4, -0.2) is 12.6 Å². The molecule has 0 aliphatic heterocycles. The van der Waals surface area contributed by atoms with Gasteiger partial charge in [-0.1, -0.05) is 40.0 Å². The van der Waals surface area contributed by atoms with Gasteiger partial charge in [-0.05, 0) is 55.9 Å². The van der Waals surface area contributed by atoms with Gasteiger partial charge in [0.25, 0.3) is 0 Å². The molecular formula is C16H31N. The molecule has 2 fully saturated rings. The minimum absolute atomic E-state index is 0.831. The molecule has 100 valence electrons. The molecule has 0 saturated heterocycles. The summed E-state index contributed by atoms with van der Waals surface area (Å²) in [5.41, 5.74) is 0. The molecule has 4 atom stereocenters. The quantitative estimate of drug-likeness (QED) is 0.729. The highest BCUT2D eigenvalue weighted by molar-refractivity contribution is 4.88. The third kappa shape index (κ3) is 3.98. The van der Waals surface area contributed by atoms with Crippen LogP contribution in [0.4, 0.5) is 0 Å². The van der Waals surface area contributed by atoms with Crippen molar-refractivity contribution in [1.82, 2.24) is 5.32 Å². The summed E-state index contributed by atoms with van der Waals surface area (Å²) in [6.45, 7) is 8.41. The van der Waals surface area contributed by atoms with E-state index in [1.807, 2.05) is 0 Å². The molecule has 0 aromatic rings. The zero-order chi connectivity index (χ0) is 12.3. The highest BCUT2D eigenvalue weighted by atomic mass is 14.9. The van der Waals surface area contributed by atoms with E-state index in [4.69, 9.17) is 0 Å². The van der Waals surface area contributed by atoms with Crippen molar-refractivity contribution >= 4 is 0 Å². The summed E-state index contributed by atoms with van der Waals surface area (Å²) in [6.07, 6.45) is 10.1. The van der Waals surface area contributed by atoms with Crippen molar-refractivity contribution in [3.8, 4) is 0 Å². The average Bonchev–Trinajstić information content (AvgIpc) is 3.12. The molecule has 4 unspecified atom stereocenters. The van der Waals surface area contributed by atoms with E-state index in [1.54, 1.807) is 0 Å². The fourth-order valence-corrected chi connectivity index (χ4v) is 3.44. The second-order valence-electron chi connectivity index (χ2n) is 6.77. The van der Waals surface area contributed by atoms with Gasteiger partial charge in [-0.25, -0.2) is 0 Å². The molecule has 0 heterocycles. The molecule has 0 radical (unpaired) electrons. The van der Waals surface area contributed by atoms with Crippen LogP contribution < -0.4 is 5.32 Å². The Kier molecular flexibility index (Phi) is 4.90. The Morgan fingerprint density at radius 1 is 1.06 bits per heavy atom. The minimum atomic E-state index is 0.831. The van der Waals surface area contributed by atoms with Gasteiger partial charge in [-0.15, -0.1) is 0 Å². The monoisotopic (exact) mass is 237 g/mol. The first-order valence-electron chi connectivity index (χ1n) is 7.94. The number of nitrogens with one attached hydrogen (secondary N) is 1. The standard InChI is InChI=1S/C16H31N/c1-4-9-17-16(11-14-6-7-14)15-8-5-12(2)13(3)10-15/h12-17H,4-11H2,1-3H3. The van der Waals surface area contributed by atoms with Crippen LogP contribution >= 0.6 is 0 Å². The van der Waals surface area contributed by atoms with Gasteiger partial charge in [-0.3, -0.25) is 0 Å². The molecular weight excluding hydrogens is 206 g/mol. The third-order valence-corrected chi connectivity index (χ3v) is 5.15. The van der Waals surface area contributed by atoms with Crippen LogP contribution in [0.2, 0.25) is 0 Å². The van der Waals surface area contributed by atoms with Gasteiger partial charge in [0.05, 0.1) is 0 Å². The molecule has 2 saturated carbocycles. The second kappa shape index (κ2) is 6.22. The van der Waals surface area contributed by atoms with Crippen molar-refractivity contribution in [3.63, 3.8) is 0 Å². The first-order valence-corrected chi connectivity index (χ1v) is 7.94. The van der Waals surface area contributed by atoms with E-state index in [0.29, 0.717) is 0 Å². The normalized spacial score (nSPS) is 35.8. The van der Waals surface area contributed by atoms with E-state index < -0.39 is 0 Å². The van der Waals surface area contributed by atoms with Crippen LogP contribution in [0.1, 0.15) is 65.7 Å². The van der Waals surface area contributed by atoms with Crippen molar-refractivity contribution < 1.29 is 0 Å². The van der Waals surface area contributed by atoms with Crippen molar-refractivity contribution in [2.24, 2.45) is 23.7 Å². The van der Waals surface area contributed by atoms with Gasteiger partial charge in [0.2, 0.25) is 0 Å². The van der Waals surface area contributed by atoms with E-state index in [0.717, 1.165) is 29.7 Å². The number of hydrogen-bond donors (Lipinski definition) is 1. The maximum absolute atomic E-state index is 3.85. The van der Waals surface area contributed by atoms with Gasteiger partial charge < -0.3 is 5.32 Å². The van der Waals surface area contributed by atoms with E-state index >= 15 is 0 Å². The first kappa shape index (κ1) is 13.4. The lowest BCUT2D eigenvalue weighted by Crippen LogP contribution is -2.40. The van der Waals surface area contributed by atoms with E-state index in [2.05, 4.69) is 26.1 Å². The lowest BCUT2D eigenvalue weighted by Gasteiger charge is -2.37. The molecule has 0 amide bonds. The van der Waals surface area contributed by atoms with E-state index in [9.17, 15) is 0 Å². The van der Waals surface area contributed by atoms with Crippen LogP contribution in [0.15, 0.2) is 0 Å². The van der Waals surface area contributed by atoms with Crippen LogP contribution in [-0.2, 0) is 0 Å². The number of hydrogen-bond acceptors (Lipinski definition) is 1. The van der Waals surface area contributed by atoms with Crippen molar-refractivity contribution in [2.45, 2.75) is 71.8 Å². The van der Waals surface area contributed by atoms with Gasteiger partial charge in [0.15, 0.2) is 0 Å². The molecule has 1 N–H and O–H groups in total. The van der Waals surface area contributed by atoms with Crippen LogP contribution in [0.3, 0.4) is 0 Å². The molecule has 1 heteroatoms. The molecule has 2 aliphatic rings. The van der Waals surface area contributed by atoms with Crippen LogP contribution in [0.25, 0.3) is 0 Å². The summed E-state index contributed by atoms with van der Waals surface area (Å²) in [5, 5.41) is 3.85. The van der Waals surface area contributed by atoms with E-state index in [1.165, 1.54) is 51.5 Å². The maximum atomic E-state index is 3.85. The molecule has 1 nitrogen and oxygen atoms in total. The Bertz CT molecular complexity index is 222. The predicted molar refractivity (Wildman–Crippen MR) is 75.1 cm³/mol.